The monoisotopic (exact) mass is 246 g/mol. The maximum atomic E-state index is 9.41. The van der Waals surface area contributed by atoms with Crippen LogP contribution >= 0.6 is 0 Å². The number of hydrogen-bond acceptors (Lipinski definition) is 3. The van der Waals surface area contributed by atoms with Crippen molar-refractivity contribution in [3.05, 3.63) is 48.0 Å². The summed E-state index contributed by atoms with van der Waals surface area (Å²) in [5.74, 6) is 1.70. The highest BCUT2D eigenvalue weighted by atomic mass is 16.5. The lowest BCUT2D eigenvalue weighted by molar-refractivity contribution is 0.199. The molecule has 18 heavy (non-hydrogen) atoms. The van der Waals surface area contributed by atoms with Crippen molar-refractivity contribution < 1.29 is 9.84 Å². The molecule has 96 valence electrons. The zero-order chi connectivity index (χ0) is 13.0. The Bertz CT molecular complexity index is 489. The van der Waals surface area contributed by atoms with E-state index in [4.69, 9.17) is 4.74 Å². The zero-order valence-electron chi connectivity index (χ0n) is 10.7. The highest BCUT2D eigenvalue weighted by Crippen LogP contribution is 2.18. The van der Waals surface area contributed by atoms with Crippen molar-refractivity contribution in [2.75, 3.05) is 0 Å². The molecule has 1 atom stereocenters. The lowest BCUT2D eigenvalue weighted by Gasteiger charge is -2.09. The Balaban J connectivity index is 1.98. The van der Waals surface area contributed by atoms with Crippen molar-refractivity contribution in [1.29, 1.82) is 0 Å². The van der Waals surface area contributed by atoms with Gasteiger partial charge < -0.3 is 14.4 Å². The van der Waals surface area contributed by atoms with E-state index in [2.05, 4.69) is 11.9 Å². The molecule has 0 amide bonds. The first kappa shape index (κ1) is 12.6. The minimum Gasteiger partial charge on any atom is -0.486 e. The lowest BCUT2D eigenvalue weighted by Crippen LogP contribution is -2.05. The highest BCUT2D eigenvalue weighted by Gasteiger charge is 2.03. The summed E-state index contributed by atoms with van der Waals surface area (Å²) in [7, 11) is 0. The molecule has 1 unspecified atom stereocenters. The van der Waals surface area contributed by atoms with Crippen LogP contribution in [-0.4, -0.2) is 14.7 Å². The second kappa shape index (κ2) is 5.69. The molecule has 0 saturated carbocycles. The van der Waals surface area contributed by atoms with Gasteiger partial charge in [-0.05, 0) is 31.5 Å². The average Bonchev–Trinajstić information content (AvgIpc) is 2.84. The Morgan fingerprint density at radius 1 is 1.33 bits per heavy atom. The van der Waals surface area contributed by atoms with Crippen LogP contribution in [-0.2, 0) is 13.2 Å². The van der Waals surface area contributed by atoms with Gasteiger partial charge in [0.1, 0.15) is 18.2 Å². The first-order valence-corrected chi connectivity index (χ1v) is 6.11. The number of hydrogen-bond donors (Lipinski definition) is 1. The largest absolute Gasteiger partial charge is 0.486 e. The van der Waals surface area contributed by atoms with Crippen LogP contribution in [0.5, 0.6) is 5.75 Å². The summed E-state index contributed by atoms with van der Waals surface area (Å²) in [5, 5.41) is 9.41. The van der Waals surface area contributed by atoms with Crippen LogP contribution < -0.4 is 4.74 Å². The van der Waals surface area contributed by atoms with Crippen molar-refractivity contribution in [3.8, 4) is 5.75 Å². The van der Waals surface area contributed by atoms with E-state index in [1.54, 1.807) is 13.1 Å². The molecule has 4 heteroatoms. The number of aryl methyl sites for hydroxylation is 1. The van der Waals surface area contributed by atoms with Crippen molar-refractivity contribution in [2.24, 2.45) is 0 Å². The van der Waals surface area contributed by atoms with E-state index in [1.807, 2.05) is 35.0 Å². The number of aromatic nitrogens is 2. The molecule has 2 aromatic rings. The first-order valence-electron chi connectivity index (χ1n) is 6.11. The predicted molar refractivity (Wildman–Crippen MR) is 69.3 cm³/mol. The molecule has 0 saturated heterocycles. The van der Waals surface area contributed by atoms with Gasteiger partial charge in [0.2, 0.25) is 0 Å². The van der Waals surface area contributed by atoms with Crippen LogP contribution in [0.4, 0.5) is 0 Å². The van der Waals surface area contributed by atoms with E-state index in [-0.39, 0.29) is 0 Å². The van der Waals surface area contributed by atoms with Gasteiger partial charge in [0.25, 0.3) is 0 Å². The Labute approximate surface area is 107 Å². The van der Waals surface area contributed by atoms with Crippen LogP contribution in [0.1, 0.15) is 31.3 Å². The van der Waals surface area contributed by atoms with Gasteiger partial charge in [0.05, 0.1) is 6.10 Å². The summed E-state index contributed by atoms with van der Waals surface area (Å²) in [5.41, 5.74) is 0.886. The number of imidazole rings is 1. The molecule has 0 spiro atoms. The van der Waals surface area contributed by atoms with Gasteiger partial charge in [0.15, 0.2) is 0 Å². The van der Waals surface area contributed by atoms with Crippen LogP contribution in [0.25, 0.3) is 0 Å². The van der Waals surface area contributed by atoms with Gasteiger partial charge in [-0.15, -0.1) is 0 Å². The average molecular weight is 246 g/mol. The number of ether oxygens (including phenoxy) is 1. The number of nitrogens with zero attached hydrogens (tertiary/aromatic N) is 2. The molecule has 0 radical (unpaired) electrons. The fourth-order valence-corrected chi connectivity index (χ4v) is 1.76. The number of benzene rings is 1. The van der Waals surface area contributed by atoms with Crippen LogP contribution in [0, 0.1) is 0 Å². The summed E-state index contributed by atoms with van der Waals surface area (Å²) >= 11 is 0. The SMILES string of the molecule is CCn1ccnc1COc1ccc(C(C)O)cc1. The molecule has 1 N–H and O–H groups in total. The van der Waals surface area contributed by atoms with Gasteiger partial charge in [-0.2, -0.15) is 0 Å². The second-order valence-electron chi connectivity index (χ2n) is 4.16. The summed E-state index contributed by atoms with van der Waals surface area (Å²) < 4.78 is 7.71. The molecule has 1 aromatic heterocycles. The standard InChI is InChI=1S/C14H18N2O2/c1-3-16-9-8-15-14(16)10-18-13-6-4-12(5-7-13)11(2)17/h4-9,11,17H,3,10H2,1-2H3. The van der Waals surface area contributed by atoms with Crippen molar-refractivity contribution in [1.82, 2.24) is 9.55 Å². The Morgan fingerprint density at radius 2 is 2.06 bits per heavy atom. The quantitative estimate of drug-likeness (QED) is 0.882. The third-order valence-corrected chi connectivity index (χ3v) is 2.87. The maximum absolute atomic E-state index is 9.41. The normalized spacial score (nSPS) is 12.4. The third kappa shape index (κ3) is 2.90. The molecule has 0 aliphatic carbocycles. The summed E-state index contributed by atoms with van der Waals surface area (Å²) in [6, 6.07) is 7.46. The minimum atomic E-state index is -0.446. The molecule has 0 bridgehead atoms. The van der Waals surface area contributed by atoms with E-state index < -0.39 is 6.10 Å². The van der Waals surface area contributed by atoms with Gasteiger partial charge in [-0.25, -0.2) is 4.98 Å². The van der Waals surface area contributed by atoms with E-state index in [0.717, 1.165) is 23.7 Å². The van der Waals surface area contributed by atoms with E-state index in [9.17, 15) is 5.11 Å². The highest BCUT2D eigenvalue weighted by molar-refractivity contribution is 5.28. The zero-order valence-corrected chi connectivity index (χ0v) is 10.7. The van der Waals surface area contributed by atoms with Gasteiger partial charge in [-0.1, -0.05) is 12.1 Å². The third-order valence-electron chi connectivity index (χ3n) is 2.87. The molecule has 0 aliphatic rings. The summed E-state index contributed by atoms with van der Waals surface area (Å²) in [4.78, 5) is 4.25. The van der Waals surface area contributed by atoms with E-state index in [1.165, 1.54) is 0 Å². The van der Waals surface area contributed by atoms with Crippen molar-refractivity contribution in [2.45, 2.75) is 33.1 Å². The van der Waals surface area contributed by atoms with Gasteiger partial charge in [0, 0.05) is 18.9 Å². The molecule has 0 fully saturated rings. The number of aliphatic hydroxyl groups is 1. The molecular formula is C14H18N2O2. The molecule has 4 nitrogen and oxygen atoms in total. The fraction of sp³-hybridized carbons (Fsp3) is 0.357. The minimum absolute atomic E-state index is 0.446. The molecule has 0 aliphatic heterocycles. The molecular weight excluding hydrogens is 228 g/mol. The van der Waals surface area contributed by atoms with Crippen LogP contribution in [0.3, 0.4) is 0 Å². The molecule has 1 heterocycles. The fourth-order valence-electron chi connectivity index (χ4n) is 1.76. The van der Waals surface area contributed by atoms with Crippen molar-refractivity contribution in [3.63, 3.8) is 0 Å². The van der Waals surface area contributed by atoms with Crippen LogP contribution in [0.15, 0.2) is 36.7 Å². The Kier molecular flexibility index (Phi) is 3.99. The van der Waals surface area contributed by atoms with Gasteiger partial charge in [-0.3, -0.25) is 0 Å². The van der Waals surface area contributed by atoms with Gasteiger partial charge >= 0.3 is 0 Å². The number of aliphatic hydroxyl groups excluding tert-OH is 1. The van der Waals surface area contributed by atoms with E-state index >= 15 is 0 Å². The number of rotatable bonds is 5. The molecule has 1 aromatic carbocycles. The molecule has 2 rings (SSSR count). The Hall–Kier alpha value is -1.81. The Morgan fingerprint density at radius 3 is 2.67 bits per heavy atom. The first-order chi connectivity index (χ1) is 8.70. The van der Waals surface area contributed by atoms with Crippen molar-refractivity contribution >= 4 is 0 Å². The van der Waals surface area contributed by atoms with Crippen LogP contribution in [0.2, 0.25) is 0 Å². The summed E-state index contributed by atoms with van der Waals surface area (Å²) in [6.45, 7) is 5.16. The predicted octanol–water partition coefficient (Wildman–Crippen LogP) is 2.54. The summed E-state index contributed by atoms with van der Waals surface area (Å²) in [6.07, 6.45) is 3.27. The van der Waals surface area contributed by atoms with E-state index in [0.29, 0.717) is 6.61 Å². The lowest BCUT2D eigenvalue weighted by atomic mass is 10.1. The smallest absolute Gasteiger partial charge is 0.146 e. The maximum Gasteiger partial charge on any atom is 0.146 e. The topological polar surface area (TPSA) is 47.3 Å². The second-order valence-corrected chi connectivity index (χ2v) is 4.16.